The van der Waals surface area contributed by atoms with E-state index in [-0.39, 0.29) is 19.1 Å². The lowest BCUT2D eigenvalue weighted by Crippen LogP contribution is -2.60. The summed E-state index contributed by atoms with van der Waals surface area (Å²) in [5.41, 5.74) is 0.872. The average Bonchev–Trinajstić information content (AvgIpc) is 2.58. The van der Waals surface area contributed by atoms with Gasteiger partial charge in [0.25, 0.3) is 5.92 Å². The number of rotatable bonds is 7. The van der Waals surface area contributed by atoms with E-state index in [4.69, 9.17) is 4.74 Å². The zero-order valence-electron chi connectivity index (χ0n) is 13.5. The van der Waals surface area contributed by atoms with Gasteiger partial charge in [-0.2, -0.15) is 8.78 Å². The third-order valence-electron chi connectivity index (χ3n) is 3.58. The Labute approximate surface area is 142 Å². The van der Waals surface area contributed by atoms with Gasteiger partial charge in [-0.15, -0.1) is 0 Å². The van der Waals surface area contributed by atoms with E-state index in [1.54, 1.807) is 19.1 Å². The number of halogens is 4. The van der Waals surface area contributed by atoms with Crippen LogP contribution in [0.2, 0.25) is 0 Å². The number of benzene rings is 1. The fraction of sp³-hybridized carbons (Fsp3) is 0.353. The lowest BCUT2D eigenvalue weighted by molar-refractivity contribution is -0.147. The molecule has 1 aliphatic rings. The largest absolute Gasteiger partial charge is 0.465 e. The van der Waals surface area contributed by atoms with Crippen LogP contribution in [0.3, 0.4) is 0 Å². The number of esters is 1. The summed E-state index contributed by atoms with van der Waals surface area (Å²) in [5.74, 6) is -8.92. The summed E-state index contributed by atoms with van der Waals surface area (Å²) in [6, 6.07) is 7.76. The Morgan fingerprint density at radius 1 is 1.28 bits per heavy atom. The minimum Gasteiger partial charge on any atom is -0.465 e. The van der Waals surface area contributed by atoms with Gasteiger partial charge in [0.15, 0.2) is 11.7 Å². The highest BCUT2D eigenvalue weighted by Gasteiger charge is 2.43. The molecule has 1 heterocycles. The average molecular weight is 358 g/mol. The Morgan fingerprint density at radius 3 is 2.60 bits per heavy atom. The second kappa shape index (κ2) is 8.15. The lowest BCUT2D eigenvalue weighted by Gasteiger charge is -2.31. The van der Waals surface area contributed by atoms with Gasteiger partial charge in [-0.3, -0.25) is 4.79 Å². The Bertz CT molecular complexity index is 678. The molecule has 0 saturated carbocycles. The van der Waals surface area contributed by atoms with Gasteiger partial charge < -0.3 is 10.1 Å². The summed E-state index contributed by atoms with van der Waals surface area (Å²) in [6.45, 7) is 1.60. The van der Waals surface area contributed by atoms with Gasteiger partial charge in [0.2, 0.25) is 5.95 Å². The fourth-order valence-electron chi connectivity index (χ4n) is 2.34. The van der Waals surface area contributed by atoms with Crippen LogP contribution < -0.4 is 10.6 Å². The quantitative estimate of drug-likeness (QED) is 0.446. The van der Waals surface area contributed by atoms with Crippen LogP contribution in [0.1, 0.15) is 18.9 Å². The van der Waals surface area contributed by atoms with Crippen LogP contribution >= 0.6 is 0 Å². The second-order valence-corrected chi connectivity index (χ2v) is 5.41. The monoisotopic (exact) mass is 358 g/mol. The minimum atomic E-state index is -3.24. The lowest BCUT2D eigenvalue weighted by atomic mass is 10.0. The number of hydrogen-bond acceptors (Lipinski definition) is 4. The number of carbonyl (C=O) groups is 1. The first-order valence-corrected chi connectivity index (χ1v) is 7.74. The highest BCUT2D eigenvalue weighted by atomic mass is 19.2. The van der Waals surface area contributed by atoms with E-state index in [0.717, 1.165) is 5.56 Å². The van der Waals surface area contributed by atoms with E-state index in [1.807, 2.05) is 18.2 Å². The van der Waals surface area contributed by atoms with Crippen molar-refractivity contribution < 1.29 is 27.1 Å². The number of alkyl halides is 1. The second-order valence-electron chi connectivity index (χ2n) is 5.41. The first kappa shape index (κ1) is 19.0. The molecule has 1 aromatic carbocycles. The Hall–Kier alpha value is -2.35. The zero-order valence-corrected chi connectivity index (χ0v) is 13.5. The molecule has 0 aliphatic carbocycles. The summed E-state index contributed by atoms with van der Waals surface area (Å²) in [6.07, 6.45) is 0.515. The molecular weight excluding hydrogens is 340 g/mol. The molecule has 2 N–H and O–H groups in total. The first-order valence-electron chi connectivity index (χ1n) is 7.74. The van der Waals surface area contributed by atoms with Crippen LogP contribution in [0.4, 0.5) is 17.6 Å². The predicted octanol–water partition coefficient (Wildman–Crippen LogP) is 3.33. The molecule has 1 aromatic rings. The summed E-state index contributed by atoms with van der Waals surface area (Å²) in [4.78, 5) is 12.0. The predicted molar refractivity (Wildman–Crippen MR) is 83.7 cm³/mol. The normalized spacial score (nSPS) is 21.4. The molecule has 0 spiro atoms. The van der Waals surface area contributed by atoms with Crippen molar-refractivity contribution in [2.75, 3.05) is 6.61 Å². The van der Waals surface area contributed by atoms with Gasteiger partial charge in [-0.1, -0.05) is 30.3 Å². The van der Waals surface area contributed by atoms with Crippen LogP contribution in [0, 0.1) is 0 Å². The van der Waals surface area contributed by atoms with Crippen molar-refractivity contribution in [2.45, 2.75) is 31.7 Å². The zero-order chi connectivity index (χ0) is 18.4. The van der Waals surface area contributed by atoms with Gasteiger partial charge >= 0.3 is 5.97 Å². The standard InChI is InChI=1S/C17H18F4N2O2/c1-2-25-16(24)13(9-8-11-6-4-3-5-7-11)22-17(21)14(19)10-12(18)15(20)23-17/h3-7,10,13,22-23H,2,8-9H2,1H3. The van der Waals surface area contributed by atoms with Crippen molar-refractivity contribution in [1.82, 2.24) is 10.6 Å². The number of dihydropyridines is 1. The van der Waals surface area contributed by atoms with Gasteiger partial charge in [0, 0.05) is 6.08 Å². The van der Waals surface area contributed by atoms with Crippen LogP contribution in [0.15, 0.2) is 54.0 Å². The topological polar surface area (TPSA) is 50.4 Å². The fourth-order valence-corrected chi connectivity index (χ4v) is 2.34. The third kappa shape index (κ3) is 4.82. The molecule has 4 nitrogen and oxygen atoms in total. The SMILES string of the molecule is CCOC(=O)C(CCc1ccccc1)NC1(F)NC(F)=C(F)C=C1F. The van der Waals surface area contributed by atoms with Crippen LogP contribution in [0.25, 0.3) is 0 Å². The first-order chi connectivity index (χ1) is 11.9. The molecule has 8 heteroatoms. The maximum Gasteiger partial charge on any atom is 0.323 e. The summed E-state index contributed by atoms with van der Waals surface area (Å²) >= 11 is 0. The van der Waals surface area contributed by atoms with E-state index in [0.29, 0.717) is 6.42 Å². The van der Waals surface area contributed by atoms with Gasteiger partial charge in [-0.25, -0.2) is 14.1 Å². The number of carbonyl (C=O) groups excluding carboxylic acids is 1. The van der Waals surface area contributed by atoms with Crippen molar-refractivity contribution in [2.24, 2.45) is 0 Å². The van der Waals surface area contributed by atoms with Crippen LogP contribution in [-0.2, 0) is 16.0 Å². The van der Waals surface area contributed by atoms with Crippen LogP contribution in [0.5, 0.6) is 0 Å². The smallest absolute Gasteiger partial charge is 0.323 e. The Balaban J connectivity index is 2.13. The number of nitrogens with one attached hydrogen (secondary N) is 2. The molecule has 0 amide bonds. The highest BCUT2D eigenvalue weighted by Crippen LogP contribution is 2.28. The molecule has 2 rings (SSSR count). The molecule has 0 bridgehead atoms. The summed E-state index contributed by atoms with van der Waals surface area (Å²) in [7, 11) is 0. The van der Waals surface area contributed by atoms with Crippen molar-refractivity contribution in [3.8, 4) is 0 Å². The molecule has 0 radical (unpaired) electrons. The molecular formula is C17H18F4N2O2. The molecule has 136 valence electrons. The van der Waals surface area contributed by atoms with Gasteiger partial charge in [0.1, 0.15) is 6.04 Å². The summed E-state index contributed by atoms with van der Waals surface area (Å²) in [5, 5.41) is 3.48. The van der Waals surface area contributed by atoms with Crippen molar-refractivity contribution in [3.63, 3.8) is 0 Å². The molecule has 2 atom stereocenters. The van der Waals surface area contributed by atoms with E-state index >= 15 is 0 Å². The van der Waals surface area contributed by atoms with Crippen LogP contribution in [-0.4, -0.2) is 24.5 Å². The van der Waals surface area contributed by atoms with E-state index in [2.05, 4.69) is 5.32 Å². The molecule has 0 saturated heterocycles. The number of aryl methyl sites for hydroxylation is 1. The van der Waals surface area contributed by atoms with Crippen molar-refractivity contribution in [3.05, 3.63) is 59.6 Å². The maximum absolute atomic E-state index is 14.7. The van der Waals surface area contributed by atoms with E-state index in [1.165, 1.54) is 5.32 Å². The van der Waals surface area contributed by atoms with E-state index < -0.39 is 35.5 Å². The van der Waals surface area contributed by atoms with Crippen molar-refractivity contribution in [1.29, 1.82) is 0 Å². The van der Waals surface area contributed by atoms with Gasteiger partial charge in [-0.05, 0) is 25.3 Å². The minimum absolute atomic E-state index is 0.0380. The third-order valence-corrected chi connectivity index (χ3v) is 3.58. The van der Waals surface area contributed by atoms with E-state index in [9.17, 15) is 22.4 Å². The molecule has 2 unspecified atom stereocenters. The number of ether oxygens (including phenoxy) is 1. The highest BCUT2D eigenvalue weighted by molar-refractivity contribution is 5.76. The van der Waals surface area contributed by atoms with Gasteiger partial charge in [0.05, 0.1) is 6.61 Å². The maximum atomic E-state index is 14.7. The Kier molecular flexibility index (Phi) is 6.19. The molecule has 0 fully saturated rings. The number of hydrogen-bond donors (Lipinski definition) is 2. The Morgan fingerprint density at radius 2 is 1.96 bits per heavy atom. The number of allylic oxidation sites excluding steroid dienone is 2. The van der Waals surface area contributed by atoms with Crippen molar-refractivity contribution >= 4 is 5.97 Å². The molecule has 25 heavy (non-hydrogen) atoms. The summed E-state index contributed by atoms with van der Waals surface area (Å²) < 4.78 is 59.6. The molecule has 0 aromatic heterocycles. The molecule has 1 aliphatic heterocycles.